The van der Waals surface area contributed by atoms with Crippen LogP contribution in [-0.4, -0.2) is 11.7 Å². The van der Waals surface area contributed by atoms with Gasteiger partial charge in [-0.3, -0.25) is 9.59 Å². The summed E-state index contributed by atoms with van der Waals surface area (Å²) in [5.41, 5.74) is 4.62. The first-order valence-corrected chi connectivity index (χ1v) is 9.37. The predicted molar refractivity (Wildman–Crippen MR) is 116 cm³/mol. The minimum absolute atomic E-state index is 0.0417. The molecule has 0 aliphatic carbocycles. The number of benzene rings is 4. The van der Waals surface area contributed by atoms with Gasteiger partial charge in [-0.15, -0.1) is 0 Å². The minimum Gasteiger partial charge on any atom is -0.322 e. The number of nitrogens with one attached hydrogen (secondary N) is 1. The summed E-state index contributed by atoms with van der Waals surface area (Å²) in [4.78, 5) is 25.0. The lowest BCUT2D eigenvalue weighted by atomic mass is 10.0. The van der Waals surface area contributed by atoms with Gasteiger partial charge in [-0.05, 0) is 47.5 Å². The van der Waals surface area contributed by atoms with Gasteiger partial charge < -0.3 is 5.32 Å². The molecule has 0 fully saturated rings. The summed E-state index contributed by atoms with van der Waals surface area (Å²) < 4.78 is 0. The molecule has 3 nitrogen and oxygen atoms in total. The van der Waals surface area contributed by atoms with Crippen molar-refractivity contribution in [2.24, 2.45) is 0 Å². The average molecular weight is 377 g/mol. The average Bonchev–Trinajstić information content (AvgIpc) is 2.80. The van der Waals surface area contributed by atoms with Gasteiger partial charge in [0, 0.05) is 22.4 Å². The van der Waals surface area contributed by atoms with Crippen LogP contribution in [0.25, 0.3) is 11.1 Å². The van der Waals surface area contributed by atoms with Crippen molar-refractivity contribution in [2.45, 2.75) is 0 Å². The lowest BCUT2D eigenvalue weighted by Crippen LogP contribution is -2.12. The van der Waals surface area contributed by atoms with Gasteiger partial charge in [-0.25, -0.2) is 0 Å². The Hall–Kier alpha value is -3.98. The second-order valence-corrected chi connectivity index (χ2v) is 6.67. The zero-order valence-electron chi connectivity index (χ0n) is 15.7. The second kappa shape index (κ2) is 8.36. The normalized spacial score (nSPS) is 10.3. The second-order valence-electron chi connectivity index (χ2n) is 6.67. The van der Waals surface area contributed by atoms with E-state index in [9.17, 15) is 9.59 Å². The van der Waals surface area contributed by atoms with Gasteiger partial charge in [-0.2, -0.15) is 0 Å². The molecule has 0 aliphatic rings. The largest absolute Gasteiger partial charge is 0.322 e. The Morgan fingerprint density at radius 3 is 1.59 bits per heavy atom. The molecule has 4 aromatic carbocycles. The van der Waals surface area contributed by atoms with Crippen molar-refractivity contribution in [2.75, 3.05) is 5.32 Å². The summed E-state index contributed by atoms with van der Waals surface area (Å²) in [5.74, 6) is -0.230. The van der Waals surface area contributed by atoms with Crippen LogP contribution in [0.4, 0.5) is 5.69 Å². The summed E-state index contributed by atoms with van der Waals surface area (Å²) in [7, 11) is 0. The van der Waals surface area contributed by atoms with Crippen molar-refractivity contribution in [3.8, 4) is 11.1 Å². The molecule has 0 aromatic heterocycles. The van der Waals surface area contributed by atoms with E-state index in [1.54, 1.807) is 36.4 Å². The van der Waals surface area contributed by atoms with Crippen molar-refractivity contribution in [1.29, 1.82) is 0 Å². The highest BCUT2D eigenvalue weighted by Gasteiger charge is 2.10. The molecule has 0 atom stereocenters. The van der Waals surface area contributed by atoms with Gasteiger partial charge in [0.05, 0.1) is 0 Å². The van der Waals surface area contributed by atoms with E-state index in [0.29, 0.717) is 22.4 Å². The molecule has 3 heteroatoms. The molecule has 0 heterocycles. The first-order valence-electron chi connectivity index (χ1n) is 9.37. The van der Waals surface area contributed by atoms with Gasteiger partial charge in [0.1, 0.15) is 0 Å². The summed E-state index contributed by atoms with van der Waals surface area (Å²) in [5, 5.41) is 2.87. The standard InChI is InChI=1S/C26H19NO2/c28-25(21-9-5-2-6-10-21)22-15-17-24(18-16-22)27-26(29)23-13-11-20(12-14-23)19-7-3-1-4-8-19/h1-18H,(H,27,29). The molecule has 1 amide bonds. The quantitative estimate of drug-likeness (QED) is 0.444. The van der Waals surface area contributed by atoms with E-state index >= 15 is 0 Å². The lowest BCUT2D eigenvalue weighted by molar-refractivity contribution is 0.102. The molecule has 29 heavy (non-hydrogen) atoms. The number of carbonyl (C=O) groups is 2. The van der Waals surface area contributed by atoms with Crippen LogP contribution in [0, 0.1) is 0 Å². The third-order valence-electron chi connectivity index (χ3n) is 4.70. The van der Waals surface area contributed by atoms with Gasteiger partial charge in [0.15, 0.2) is 5.78 Å². The Morgan fingerprint density at radius 1 is 0.483 bits per heavy atom. The molecule has 0 saturated heterocycles. The number of rotatable bonds is 5. The van der Waals surface area contributed by atoms with E-state index in [1.165, 1.54) is 0 Å². The Balaban J connectivity index is 1.44. The van der Waals surface area contributed by atoms with Crippen molar-refractivity contribution < 1.29 is 9.59 Å². The van der Waals surface area contributed by atoms with Gasteiger partial charge in [0.25, 0.3) is 5.91 Å². The van der Waals surface area contributed by atoms with Crippen LogP contribution in [0.1, 0.15) is 26.3 Å². The summed E-state index contributed by atoms with van der Waals surface area (Å²) >= 11 is 0. The summed E-state index contributed by atoms with van der Waals surface area (Å²) in [6, 6.07) is 33.6. The van der Waals surface area contributed by atoms with E-state index in [2.05, 4.69) is 5.32 Å². The first kappa shape index (κ1) is 18.4. The number of amides is 1. The maximum absolute atomic E-state index is 12.5. The van der Waals surface area contributed by atoms with Crippen LogP contribution in [0.3, 0.4) is 0 Å². The number of ketones is 1. The molecule has 0 saturated carbocycles. The monoisotopic (exact) mass is 377 g/mol. The maximum Gasteiger partial charge on any atom is 0.255 e. The zero-order valence-corrected chi connectivity index (χ0v) is 15.7. The highest BCUT2D eigenvalue weighted by Crippen LogP contribution is 2.20. The third kappa shape index (κ3) is 4.30. The topological polar surface area (TPSA) is 46.2 Å². The van der Waals surface area contributed by atoms with Gasteiger partial charge in [0.2, 0.25) is 0 Å². The van der Waals surface area contributed by atoms with Crippen molar-refractivity contribution in [3.05, 3.63) is 126 Å². The van der Waals surface area contributed by atoms with E-state index in [1.807, 2.05) is 72.8 Å². The smallest absolute Gasteiger partial charge is 0.255 e. The van der Waals surface area contributed by atoms with Crippen molar-refractivity contribution in [3.63, 3.8) is 0 Å². The molecule has 140 valence electrons. The molecule has 1 N–H and O–H groups in total. The maximum atomic E-state index is 12.5. The fourth-order valence-corrected chi connectivity index (χ4v) is 3.11. The SMILES string of the molecule is O=C(Nc1ccc(C(=O)c2ccccc2)cc1)c1ccc(-c2ccccc2)cc1. The third-order valence-corrected chi connectivity index (χ3v) is 4.70. The zero-order chi connectivity index (χ0) is 20.1. The van der Waals surface area contributed by atoms with Crippen LogP contribution in [0.2, 0.25) is 0 Å². The number of hydrogen-bond donors (Lipinski definition) is 1. The van der Waals surface area contributed by atoms with Crippen LogP contribution in [0.5, 0.6) is 0 Å². The highest BCUT2D eigenvalue weighted by molar-refractivity contribution is 6.09. The molecule has 4 aromatic rings. The van der Waals surface area contributed by atoms with Gasteiger partial charge >= 0.3 is 0 Å². The predicted octanol–water partition coefficient (Wildman–Crippen LogP) is 5.84. The Morgan fingerprint density at radius 2 is 0.966 bits per heavy atom. The van der Waals surface area contributed by atoms with E-state index in [0.717, 1.165) is 11.1 Å². The van der Waals surface area contributed by atoms with Crippen molar-refractivity contribution >= 4 is 17.4 Å². The Labute approximate surface area is 169 Å². The molecule has 0 bridgehead atoms. The van der Waals surface area contributed by atoms with E-state index in [-0.39, 0.29) is 11.7 Å². The van der Waals surface area contributed by atoms with Gasteiger partial charge in [-0.1, -0.05) is 72.8 Å². The molecule has 4 rings (SSSR count). The number of carbonyl (C=O) groups excluding carboxylic acids is 2. The van der Waals surface area contributed by atoms with Crippen LogP contribution in [0.15, 0.2) is 109 Å². The van der Waals surface area contributed by atoms with E-state index < -0.39 is 0 Å². The molecule has 0 unspecified atom stereocenters. The van der Waals surface area contributed by atoms with Crippen molar-refractivity contribution in [1.82, 2.24) is 0 Å². The molecule has 0 spiro atoms. The highest BCUT2D eigenvalue weighted by atomic mass is 16.1. The van der Waals surface area contributed by atoms with Crippen LogP contribution >= 0.6 is 0 Å². The van der Waals surface area contributed by atoms with Crippen LogP contribution in [-0.2, 0) is 0 Å². The fourth-order valence-electron chi connectivity index (χ4n) is 3.11. The van der Waals surface area contributed by atoms with E-state index in [4.69, 9.17) is 0 Å². The fraction of sp³-hybridized carbons (Fsp3) is 0. The summed E-state index contributed by atoms with van der Waals surface area (Å²) in [6.45, 7) is 0. The Kier molecular flexibility index (Phi) is 5.30. The Bertz CT molecular complexity index is 1120. The molecule has 0 radical (unpaired) electrons. The minimum atomic E-state index is -0.188. The molecular weight excluding hydrogens is 358 g/mol. The first-order chi connectivity index (χ1) is 14.2. The number of hydrogen-bond acceptors (Lipinski definition) is 2. The molecule has 0 aliphatic heterocycles. The summed E-state index contributed by atoms with van der Waals surface area (Å²) in [6.07, 6.45) is 0. The lowest BCUT2D eigenvalue weighted by Gasteiger charge is -2.08. The number of anilines is 1. The molecular formula is C26H19NO2. The van der Waals surface area contributed by atoms with Crippen LogP contribution < -0.4 is 5.32 Å².